The Kier molecular flexibility index (Phi) is 8.14. The second-order valence-corrected chi connectivity index (χ2v) is 7.89. The third-order valence-corrected chi connectivity index (χ3v) is 5.82. The van der Waals surface area contributed by atoms with E-state index in [1.165, 1.54) is 30.4 Å². The summed E-state index contributed by atoms with van der Waals surface area (Å²) in [5.74, 6) is 1.47. The lowest BCUT2D eigenvalue weighted by Crippen LogP contribution is -2.43. The highest BCUT2D eigenvalue weighted by atomic mass is 16.5. The SMILES string of the molecule is CCc1ccc(O[C@@H](C)C(=O)NC[C@H](c2ccc(OC)cc2)N2CCCCC2)cc1. The Balaban J connectivity index is 1.62. The Labute approximate surface area is 180 Å². The first-order valence-corrected chi connectivity index (χ1v) is 11.0. The predicted molar refractivity (Wildman–Crippen MR) is 120 cm³/mol. The van der Waals surface area contributed by atoms with Gasteiger partial charge in [-0.2, -0.15) is 0 Å². The summed E-state index contributed by atoms with van der Waals surface area (Å²) in [4.78, 5) is 15.2. The molecule has 0 radical (unpaired) electrons. The summed E-state index contributed by atoms with van der Waals surface area (Å²) in [6, 6.07) is 16.2. The number of ether oxygens (including phenoxy) is 2. The molecule has 1 aliphatic heterocycles. The monoisotopic (exact) mass is 410 g/mol. The van der Waals surface area contributed by atoms with Gasteiger partial charge in [0.25, 0.3) is 5.91 Å². The molecule has 0 unspecified atom stereocenters. The van der Waals surface area contributed by atoms with Gasteiger partial charge >= 0.3 is 0 Å². The van der Waals surface area contributed by atoms with Crippen molar-refractivity contribution in [1.29, 1.82) is 0 Å². The van der Waals surface area contributed by atoms with Crippen LogP contribution in [0, 0.1) is 0 Å². The molecule has 2 atom stereocenters. The van der Waals surface area contributed by atoms with E-state index in [-0.39, 0.29) is 11.9 Å². The van der Waals surface area contributed by atoms with Crippen LogP contribution in [0.25, 0.3) is 0 Å². The number of piperidine rings is 1. The van der Waals surface area contributed by atoms with Crippen LogP contribution >= 0.6 is 0 Å². The number of carbonyl (C=O) groups excluding carboxylic acids is 1. The molecule has 1 N–H and O–H groups in total. The van der Waals surface area contributed by atoms with Gasteiger partial charge in [-0.25, -0.2) is 0 Å². The van der Waals surface area contributed by atoms with Gasteiger partial charge in [0.1, 0.15) is 11.5 Å². The fraction of sp³-hybridized carbons (Fsp3) is 0.480. The maximum atomic E-state index is 12.7. The van der Waals surface area contributed by atoms with E-state index in [0.29, 0.717) is 6.54 Å². The lowest BCUT2D eigenvalue weighted by atomic mass is 10.0. The minimum Gasteiger partial charge on any atom is -0.497 e. The van der Waals surface area contributed by atoms with Gasteiger partial charge in [0.05, 0.1) is 13.2 Å². The largest absolute Gasteiger partial charge is 0.497 e. The number of hydrogen-bond donors (Lipinski definition) is 1. The van der Waals surface area contributed by atoms with Crippen molar-refractivity contribution in [2.45, 2.75) is 51.7 Å². The summed E-state index contributed by atoms with van der Waals surface area (Å²) >= 11 is 0. The van der Waals surface area contributed by atoms with E-state index >= 15 is 0 Å². The van der Waals surface area contributed by atoms with Crippen LogP contribution in [0.1, 0.15) is 50.3 Å². The number of aryl methyl sites for hydroxylation is 1. The first-order chi connectivity index (χ1) is 14.6. The van der Waals surface area contributed by atoms with Crippen LogP contribution in [0.5, 0.6) is 11.5 Å². The van der Waals surface area contributed by atoms with Crippen LogP contribution in [0.4, 0.5) is 0 Å². The Morgan fingerprint density at radius 3 is 2.23 bits per heavy atom. The van der Waals surface area contributed by atoms with Gasteiger partial charge in [-0.1, -0.05) is 37.6 Å². The molecule has 1 aliphatic rings. The Hall–Kier alpha value is -2.53. The zero-order valence-electron chi connectivity index (χ0n) is 18.4. The quantitative estimate of drug-likeness (QED) is 0.667. The third kappa shape index (κ3) is 5.99. The average Bonchev–Trinajstić information content (AvgIpc) is 2.80. The van der Waals surface area contributed by atoms with Crippen molar-refractivity contribution >= 4 is 5.91 Å². The molecular formula is C25H34N2O3. The molecular weight excluding hydrogens is 376 g/mol. The van der Waals surface area contributed by atoms with Crippen LogP contribution < -0.4 is 14.8 Å². The Morgan fingerprint density at radius 2 is 1.63 bits per heavy atom. The summed E-state index contributed by atoms with van der Waals surface area (Å²) in [5.41, 5.74) is 2.45. The molecule has 1 fully saturated rings. The van der Waals surface area contributed by atoms with Gasteiger partial charge in [0.2, 0.25) is 0 Å². The predicted octanol–water partition coefficient (Wildman–Crippen LogP) is 4.37. The van der Waals surface area contributed by atoms with Gasteiger partial charge in [-0.15, -0.1) is 0 Å². The zero-order valence-corrected chi connectivity index (χ0v) is 18.4. The highest BCUT2D eigenvalue weighted by molar-refractivity contribution is 5.80. The molecule has 2 aromatic rings. The van der Waals surface area contributed by atoms with Crippen molar-refractivity contribution in [3.63, 3.8) is 0 Å². The van der Waals surface area contributed by atoms with Gasteiger partial charge in [0, 0.05) is 6.54 Å². The van der Waals surface area contributed by atoms with Crippen molar-refractivity contribution in [2.24, 2.45) is 0 Å². The first kappa shape index (κ1) is 22.2. The molecule has 0 saturated carbocycles. The molecule has 5 nitrogen and oxygen atoms in total. The molecule has 162 valence electrons. The van der Waals surface area contributed by atoms with Crippen LogP contribution in [-0.2, 0) is 11.2 Å². The standard InChI is InChI=1S/C25H34N2O3/c1-4-20-8-12-23(13-9-20)30-19(2)25(28)26-18-24(27-16-6-5-7-17-27)21-10-14-22(29-3)15-11-21/h8-15,19,24H,4-7,16-18H2,1-3H3,(H,26,28)/t19-,24+/m0/s1. The Morgan fingerprint density at radius 1 is 1.00 bits per heavy atom. The van der Waals surface area contributed by atoms with Crippen molar-refractivity contribution in [3.05, 3.63) is 59.7 Å². The van der Waals surface area contributed by atoms with Crippen LogP contribution in [0.2, 0.25) is 0 Å². The van der Waals surface area contributed by atoms with Crippen LogP contribution in [-0.4, -0.2) is 43.7 Å². The number of nitrogens with zero attached hydrogens (tertiary/aromatic N) is 1. The number of hydrogen-bond acceptors (Lipinski definition) is 4. The topological polar surface area (TPSA) is 50.8 Å². The lowest BCUT2D eigenvalue weighted by Gasteiger charge is -2.35. The molecule has 5 heteroatoms. The minimum atomic E-state index is -0.546. The smallest absolute Gasteiger partial charge is 0.260 e. The number of methoxy groups -OCH3 is 1. The van der Waals surface area contributed by atoms with Crippen LogP contribution in [0.3, 0.4) is 0 Å². The van der Waals surface area contributed by atoms with E-state index in [1.54, 1.807) is 14.0 Å². The van der Waals surface area contributed by atoms with Crippen molar-refractivity contribution in [2.75, 3.05) is 26.7 Å². The first-order valence-electron chi connectivity index (χ1n) is 11.0. The molecule has 0 bridgehead atoms. The summed E-state index contributed by atoms with van der Waals surface area (Å²) < 4.78 is 11.1. The molecule has 0 aromatic heterocycles. The van der Waals surface area contributed by atoms with E-state index in [2.05, 4.69) is 29.3 Å². The summed E-state index contributed by atoms with van der Waals surface area (Å²) in [7, 11) is 1.68. The highest BCUT2D eigenvalue weighted by Crippen LogP contribution is 2.26. The minimum absolute atomic E-state index is 0.0925. The molecule has 3 rings (SSSR count). The number of rotatable bonds is 9. The number of likely N-dealkylation sites (tertiary alicyclic amines) is 1. The lowest BCUT2D eigenvalue weighted by molar-refractivity contribution is -0.127. The summed E-state index contributed by atoms with van der Waals surface area (Å²) in [5, 5.41) is 3.11. The fourth-order valence-electron chi connectivity index (χ4n) is 3.92. The van der Waals surface area contributed by atoms with Crippen molar-refractivity contribution < 1.29 is 14.3 Å². The summed E-state index contributed by atoms with van der Waals surface area (Å²) in [6.07, 6.45) is 4.12. The number of benzene rings is 2. The van der Waals surface area contributed by atoms with Crippen molar-refractivity contribution in [3.8, 4) is 11.5 Å². The molecule has 2 aromatic carbocycles. The maximum Gasteiger partial charge on any atom is 0.260 e. The van der Waals surface area contributed by atoms with E-state index in [0.717, 1.165) is 31.0 Å². The van der Waals surface area contributed by atoms with E-state index in [4.69, 9.17) is 9.47 Å². The number of amides is 1. The van der Waals surface area contributed by atoms with Crippen LogP contribution in [0.15, 0.2) is 48.5 Å². The van der Waals surface area contributed by atoms with Gasteiger partial charge in [0.15, 0.2) is 6.10 Å². The molecule has 0 spiro atoms. The van der Waals surface area contributed by atoms with Gasteiger partial charge in [-0.3, -0.25) is 9.69 Å². The van der Waals surface area contributed by atoms with E-state index < -0.39 is 6.10 Å². The third-order valence-electron chi connectivity index (χ3n) is 5.82. The molecule has 30 heavy (non-hydrogen) atoms. The highest BCUT2D eigenvalue weighted by Gasteiger charge is 2.24. The van der Waals surface area contributed by atoms with E-state index in [1.807, 2.05) is 36.4 Å². The van der Waals surface area contributed by atoms with Crippen molar-refractivity contribution in [1.82, 2.24) is 10.2 Å². The molecule has 1 saturated heterocycles. The van der Waals surface area contributed by atoms with Gasteiger partial charge < -0.3 is 14.8 Å². The fourth-order valence-corrected chi connectivity index (χ4v) is 3.92. The number of nitrogens with one attached hydrogen (secondary N) is 1. The average molecular weight is 411 g/mol. The number of carbonyl (C=O) groups is 1. The van der Waals surface area contributed by atoms with E-state index in [9.17, 15) is 4.79 Å². The molecule has 1 amide bonds. The normalized spacial score (nSPS) is 16.5. The second kappa shape index (κ2) is 11.0. The second-order valence-electron chi connectivity index (χ2n) is 7.89. The molecule has 0 aliphatic carbocycles. The molecule has 1 heterocycles. The maximum absolute atomic E-state index is 12.7. The Bertz CT molecular complexity index is 783. The van der Waals surface area contributed by atoms with Gasteiger partial charge in [-0.05, 0) is 74.7 Å². The zero-order chi connectivity index (χ0) is 21.3. The summed E-state index contributed by atoms with van der Waals surface area (Å²) in [6.45, 7) is 6.60.